The molecule has 1 atom stereocenters. The van der Waals surface area contributed by atoms with E-state index in [0.29, 0.717) is 5.16 Å². The van der Waals surface area contributed by atoms with Crippen molar-refractivity contribution in [2.75, 3.05) is 6.16 Å². The Bertz CT molecular complexity index is 409. The molecule has 1 aromatic rings. The van der Waals surface area contributed by atoms with Crippen LogP contribution < -0.4 is 0 Å². The van der Waals surface area contributed by atoms with Crippen molar-refractivity contribution >= 4 is 8.58 Å². The molecule has 0 N–H and O–H groups in total. The van der Waals surface area contributed by atoms with Crippen molar-refractivity contribution in [2.24, 2.45) is 0 Å². The normalized spacial score (nSPS) is 12.3. The van der Waals surface area contributed by atoms with Crippen molar-refractivity contribution in [1.82, 2.24) is 0 Å². The minimum Gasteiger partial charge on any atom is -0.112 e. The molecule has 26 heavy (non-hydrogen) atoms. The van der Waals surface area contributed by atoms with Crippen LogP contribution in [-0.2, 0) is 5.16 Å². The molecular formula is C25H45P. The molecule has 1 heteroatoms. The van der Waals surface area contributed by atoms with E-state index in [2.05, 4.69) is 51.1 Å². The van der Waals surface area contributed by atoms with Gasteiger partial charge in [0.15, 0.2) is 0 Å². The van der Waals surface area contributed by atoms with Gasteiger partial charge in [0, 0.05) is 5.16 Å². The molecule has 1 rings (SSSR count). The lowest BCUT2D eigenvalue weighted by Gasteiger charge is -2.25. The Morgan fingerprint density at radius 2 is 1.04 bits per heavy atom. The fourth-order valence-corrected chi connectivity index (χ4v) is 5.10. The Hall–Kier alpha value is -0.350. The van der Waals surface area contributed by atoms with Crippen LogP contribution in [-0.4, -0.2) is 6.16 Å². The summed E-state index contributed by atoms with van der Waals surface area (Å²) in [6, 6.07) is 11.1. The summed E-state index contributed by atoms with van der Waals surface area (Å²) >= 11 is 0. The monoisotopic (exact) mass is 376 g/mol. The van der Waals surface area contributed by atoms with Crippen LogP contribution in [0.1, 0.15) is 116 Å². The summed E-state index contributed by atoms with van der Waals surface area (Å²) in [6.45, 7) is 7.11. The van der Waals surface area contributed by atoms with Gasteiger partial charge in [0.1, 0.15) is 0 Å². The second-order valence-electron chi connectivity index (χ2n) is 8.51. The van der Waals surface area contributed by atoms with Crippen LogP contribution in [0.3, 0.4) is 0 Å². The van der Waals surface area contributed by atoms with E-state index in [0.717, 1.165) is 8.58 Å². The Labute approximate surface area is 166 Å². The number of rotatable bonds is 17. The van der Waals surface area contributed by atoms with Crippen LogP contribution in [0.5, 0.6) is 0 Å². The SMILES string of the molecule is CCCCCCCCCCCCCCCCPC(C)(C)c1ccccc1. The van der Waals surface area contributed by atoms with E-state index in [1.165, 1.54) is 102 Å². The first-order chi connectivity index (χ1) is 12.7. The van der Waals surface area contributed by atoms with Gasteiger partial charge in [-0.15, -0.1) is 8.58 Å². The first-order valence-electron chi connectivity index (χ1n) is 11.5. The van der Waals surface area contributed by atoms with Gasteiger partial charge in [-0.05, 0) is 18.1 Å². The van der Waals surface area contributed by atoms with Crippen LogP contribution in [0.4, 0.5) is 0 Å². The molecule has 0 fully saturated rings. The van der Waals surface area contributed by atoms with E-state index in [1.807, 2.05) is 0 Å². The maximum Gasteiger partial charge on any atom is 0.00698 e. The zero-order valence-corrected chi connectivity index (χ0v) is 19.0. The van der Waals surface area contributed by atoms with Crippen molar-refractivity contribution in [3.63, 3.8) is 0 Å². The third-order valence-electron chi connectivity index (χ3n) is 5.59. The third kappa shape index (κ3) is 12.1. The van der Waals surface area contributed by atoms with E-state index >= 15 is 0 Å². The van der Waals surface area contributed by atoms with Crippen molar-refractivity contribution in [3.05, 3.63) is 35.9 Å². The highest BCUT2D eigenvalue weighted by Gasteiger charge is 2.19. The van der Waals surface area contributed by atoms with Crippen molar-refractivity contribution in [1.29, 1.82) is 0 Å². The van der Waals surface area contributed by atoms with Gasteiger partial charge in [0.25, 0.3) is 0 Å². The van der Waals surface area contributed by atoms with E-state index in [1.54, 1.807) is 0 Å². The summed E-state index contributed by atoms with van der Waals surface area (Å²) in [5, 5.41) is 0.359. The largest absolute Gasteiger partial charge is 0.112 e. The molecule has 1 aromatic carbocycles. The topological polar surface area (TPSA) is 0 Å². The van der Waals surface area contributed by atoms with Crippen LogP contribution in [0.15, 0.2) is 30.3 Å². The summed E-state index contributed by atoms with van der Waals surface area (Å²) in [6.07, 6.45) is 21.7. The average molecular weight is 377 g/mol. The lowest BCUT2D eigenvalue weighted by Crippen LogP contribution is -2.10. The Balaban J connectivity index is 1.85. The van der Waals surface area contributed by atoms with Crippen molar-refractivity contribution < 1.29 is 0 Å². The standard InChI is InChI=1S/C25H45P/c1-4-5-6-7-8-9-10-11-12-13-14-15-16-20-23-26-25(2,3)24-21-18-17-19-22-24/h17-19,21-22,26H,4-16,20,23H2,1-3H3. The van der Waals surface area contributed by atoms with Crippen molar-refractivity contribution in [2.45, 2.75) is 116 Å². The van der Waals surface area contributed by atoms with Gasteiger partial charge in [-0.2, -0.15) is 0 Å². The molecule has 1 unspecified atom stereocenters. The zero-order valence-electron chi connectivity index (χ0n) is 18.0. The molecule has 0 aliphatic carbocycles. The van der Waals surface area contributed by atoms with Crippen LogP contribution in [0.2, 0.25) is 0 Å². The zero-order chi connectivity index (χ0) is 18.9. The highest BCUT2D eigenvalue weighted by Crippen LogP contribution is 2.41. The second-order valence-corrected chi connectivity index (χ2v) is 10.6. The number of hydrogen-bond acceptors (Lipinski definition) is 0. The lowest BCUT2D eigenvalue weighted by atomic mass is 10.0. The summed E-state index contributed by atoms with van der Waals surface area (Å²) in [5.74, 6) is 0. The molecule has 0 aromatic heterocycles. The Morgan fingerprint density at radius 3 is 1.50 bits per heavy atom. The van der Waals surface area contributed by atoms with Gasteiger partial charge >= 0.3 is 0 Å². The fourth-order valence-electron chi connectivity index (χ4n) is 3.68. The van der Waals surface area contributed by atoms with Crippen LogP contribution >= 0.6 is 8.58 Å². The third-order valence-corrected chi connectivity index (χ3v) is 7.37. The molecule has 0 bridgehead atoms. The van der Waals surface area contributed by atoms with E-state index in [9.17, 15) is 0 Å². The maximum absolute atomic E-state index is 2.41. The first kappa shape index (κ1) is 23.7. The predicted molar refractivity (Wildman–Crippen MR) is 123 cm³/mol. The maximum atomic E-state index is 2.41. The molecule has 0 saturated heterocycles. The summed E-state index contributed by atoms with van der Waals surface area (Å²) in [5.41, 5.74) is 1.50. The number of unbranched alkanes of at least 4 members (excludes halogenated alkanes) is 13. The molecule has 0 radical (unpaired) electrons. The van der Waals surface area contributed by atoms with Gasteiger partial charge in [-0.25, -0.2) is 0 Å². The minimum atomic E-state index is 0.359. The summed E-state index contributed by atoms with van der Waals surface area (Å²) < 4.78 is 0. The molecular weight excluding hydrogens is 331 g/mol. The Kier molecular flexibility index (Phi) is 14.3. The molecule has 0 amide bonds. The van der Waals surface area contributed by atoms with Gasteiger partial charge in [0.2, 0.25) is 0 Å². The Morgan fingerprint density at radius 1 is 0.615 bits per heavy atom. The minimum absolute atomic E-state index is 0.359. The molecule has 0 spiro atoms. The van der Waals surface area contributed by atoms with Gasteiger partial charge in [-0.1, -0.05) is 135 Å². The average Bonchev–Trinajstić information content (AvgIpc) is 2.65. The lowest BCUT2D eigenvalue weighted by molar-refractivity contribution is 0.538. The quantitative estimate of drug-likeness (QED) is 0.188. The molecule has 0 saturated carbocycles. The van der Waals surface area contributed by atoms with E-state index in [-0.39, 0.29) is 0 Å². The van der Waals surface area contributed by atoms with E-state index < -0.39 is 0 Å². The summed E-state index contributed by atoms with van der Waals surface area (Å²) in [7, 11) is 1.05. The van der Waals surface area contributed by atoms with Crippen LogP contribution in [0.25, 0.3) is 0 Å². The second kappa shape index (κ2) is 15.7. The number of benzene rings is 1. The van der Waals surface area contributed by atoms with Crippen LogP contribution in [0, 0.1) is 0 Å². The molecule has 0 heterocycles. The molecule has 150 valence electrons. The predicted octanol–water partition coefficient (Wildman–Crippen LogP) is 9.08. The molecule has 0 aliphatic heterocycles. The first-order valence-corrected chi connectivity index (χ1v) is 12.7. The number of hydrogen-bond donors (Lipinski definition) is 0. The highest BCUT2D eigenvalue weighted by atomic mass is 31.1. The highest BCUT2D eigenvalue weighted by molar-refractivity contribution is 7.39. The molecule has 0 nitrogen and oxygen atoms in total. The van der Waals surface area contributed by atoms with Gasteiger partial charge in [0.05, 0.1) is 0 Å². The van der Waals surface area contributed by atoms with Gasteiger partial charge in [-0.3, -0.25) is 0 Å². The van der Waals surface area contributed by atoms with E-state index in [4.69, 9.17) is 0 Å². The summed E-state index contributed by atoms with van der Waals surface area (Å²) in [4.78, 5) is 0. The smallest absolute Gasteiger partial charge is 0.00698 e. The van der Waals surface area contributed by atoms with Crippen molar-refractivity contribution in [3.8, 4) is 0 Å². The molecule has 0 aliphatic rings. The fraction of sp³-hybridized carbons (Fsp3) is 0.760. The van der Waals surface area contributed by atoms with Gasteiger partial charge < -0.3 is 0 Å².